The Morgan fingerprint density at radius 3 is 2.41 bits per heavy atom. The first-order valence-electron chi connectivity index (χ1n) is 13.9. The highest BCUT2D eigenvalue weighted by Gasteiger charge is 2.39. The van der Waals surface area contributed by atoms with E-state index in [4.69, 9.17) is 21.1 Å². The summed E-state index contributed by atoms with van der Waals surface area (Å²) in [5, 5.41) is 5.39. The first kappa shape index (κ1) is 28.7. The number of piperazine rings is 1. The fourth-order valence-electron chi connectivity index (χ4n) is 5.64. The molecule has 0 spiro atoms. The van der Waals surface area contributed by atoms with E-state index >= 15 is 0 Å². The molecule has 0 radical (unpaired) electrons. The van der Waals surface area contributed by atoms with Gasteiger partial charge in [0.05, 0.1) is 25.3 Å². The maximum atomic E-state index is 13.4. The van der Waals surface area contributed by atoms with Gasteiger partial charge in [-0.3, -0.25) is 4.90 Å². The molecule has 2 aliphatic rings. The Hall–Kier alpha value is -3.82. The van der Waals surface area contributed by atoms with E-state index in [2.05, 4.69) is 21.2 Å². The van der Waals surface area contributed by atoms with E-state index < -0.39 is 24.1 Å². The highest BCUT2D eigenvalue weighted by atomic mass is 35.5. The van der Waals surface area contributed by atoms with Crippen molar-refractivity contribution in [1.29, 1.82) is 0 Å². The standard InChI is InChI=1S/C31H35ClN4O5/c1-21(29(37)40-2)33-31(39)36-13-12-27(35-16-14-34(15-17-35)26-9-5-8-25(32)19-26)28(20-36)41-30(38)24-11-10-22-6-3-4-7-23(22)18-24/h3-11,18-19,21,27-28H,12-17,20H2,1-2H3,(H,33,39)/t21?,27-,28-/m1/s1. The smallest absolute Gasteiger partial charge is 0.338 e. The first-order valence-corrected chi connectivity index (χ1v) is 14.3. The molecule has 9 nitrogen and oxygen atoms in total. The zero-order valence-electron chi connectivity index (χ0n) is 23.3. The summed E-state index contributed by atoms with van der Waals surface area (Å²) in [7, 11) is 1.28. The van der Waals surface area contributed by atoms with Crippen molar-refractivity contribution in [2.75, 3.05) is 51.3 Å². The number of anilines is 1. The molecule has 0 bridgehead atoms. The van der Waals surface area contributed by atoms with Crippen molar-refractivity contribution in [3.63, 3.8) is 0 Å². The van der Waals surface area contributed by atoms with Crippen molar-refractivity contribution < 1.29 is 23.9 Å². The summed E-state index contributed by atoms with van der Waals surface area (Å²) in [6.07, 6.45) is 0.0898. The van der Waals surface area contributed by atoms with E-state index in [1.165, 1.54) is 7.11 Å². The second-order valence-corrected chi connectivity index (χ2v) is 10.9. The molecule has 1 N–H and O–H groups in total. The first-order chi connectivity index (χ1) is 19.8. The highest BCUT2D eigenvalue weighted by Crippen LogP contribution is 2.26. The molecule has 5 rings (SSSR count). The Morgan fingerprint density at radius 2 is 1.68 bits per heavy atom. The summed E-state index contributed by atoms with van der Waals surface area (Å²) >= 11 is 6.21. The third-order valence-electron chi connectivity index (χ3n) is 7.91. The number of likely N-dealkylation sites (tertiary alicyclic amines) is 1. The van der Waals surface area contributed by atoms with Crippen LogP contribution in [0.2, 0.25) is 5.02 Å². The summed E-state index contributed by atoms with van der Waals surface area (Å²) in [5.74, 6) is -0.946. The monoisotopic (exact) mass is 578 g/mol. The van der Waals surface area contributed by atoms with Gasteiger partial charge in [-0.25, -0.2) is 14.4 Å². The van der Waals surface area contributed by atoms with E-state index in [1.54, 1.807) is 17.9 Å². The van der Waals surface area contributed by atoms with Crippen molar-refractivity contribution >= 4 is 46.0 Å². The second-order valence-electron chi connectivity index (χ2n) is 10.5. The topological polar surface area (TPSA) is 91.4 Å². The Labute approximate surface area is 244 Å². The Bertz CT molecular complexity index is 1410. The van der Waals surface area contributed by atoms with E-state index in [9.17, 15) is 14.4 Å². The van der Waals surface area contributed by atoms with E-state index in [1.807, 2.05) is 54.6 Å². The zero-order chi connectivity index (χ0) is 28.9. The molecule has 3 aromatic carbocycles. The van der Waals surface area contributed by atoms with Gasteiger partial charge >= 0.3 is 18.0 Å². The van der Waals surface area contributed by atoms with Crippen LogP contribution >= 0.6 is 11.6 Å². The van der Waals surface area contributed by atoms with Crippen LogP contribution < -0.4 is 10.2 Å². The van der Waals surface area contributed by atoms with Crippen LogP contribution in [0, 0.1) is 0 Å². The number of hydrogen-bond acceptors (Lipinski definition) is 7. The largest absolute Gasteiger partial charge is 0.467 e. The number of ether oxygens (including phenoxy) is 2. The van der Waals surface area contributed by atoms with E-state index in [0.29, 0.717) is 23.6 Å². The normalized spacial score (nSPS) is 20.4. The van der Waals surface area contributed by atoms with Crippen molar-refractivity contribution in [2.45, 2.75) is 31.5 Å². The number of carbonyl (C=O) groups excluding carboxylic acids is 3. The zero-order valence-corrected chi connectivity index (χ0v) is 24.0. The molecule has 3 atom stereocenters. The molecule has 41 heavy (non-hydrogen) atoms. The van der Waals surface area contributed by atoms with Crippen molar-refractivity contribution in [3.05, 3.63) is 77.3 Å². The van der Waals surface area contributed by atoms with Gasteiger partial charge in [0.2, 0.25) is 0 Å². The molecule has 10 heteroatoms. The van der Waals surface area contributed by atoms with Gasteiger partial charge in [0.1, 0.15) is 12.1 Å². The predicted octanol–water partition coefficient (Wildman–Crippen LogP) is 4.19. The molecule has 2 heterocycles. The molecule has 2 amide bonds. The number of benzene rings is 3. The number of methoxy groups -OCH3 is 1. The number of rotatable bonds is 6. The second kappa shape index (κ2) is 12.8. The number of nitrogens with one attached hydrogen (secondary N) is 1. The van der Waals surface area contributed by atoms with Crippen LogP contribution in [-0.2, 0) is 14.3 Å². The average Bonchev–Trinajstić information content (AvgIpc) is 3.00. The number of urea groups is 1. The van der Waals surface area contributed by atoms with Crippen molar-refractivity contribution in [2.24, 2.45) is 0 Å². The third kappa shape index (κ3) is 6.74. The predicted molar refractivity (Wildman–Crippen MR) is 158 cm³/mol. The minimum atomic E-state index is -0.789. The van der Waals surface area contributed by atoms with Crippen LogP contribution in [0.15, 0.2) is 66.7 Å². The number of nitrogens with zero attached hydrogens (tertiary/aromatic N) is 3. The maximum Gasteiger partial charge on any atom is 0.338 e. The van der Waals surface area contributed by atoms with Crippen LogP contribution in [0.1, 0.15) is 23.7 Å². The van der Waals surface area contributed by atoms with Gasteiger partial charge in [-0.05, 0) is 54.4 Å². The third-order valence-corrected chi connectivity index (χ3v) is 8.14. The molecular weight excluding hydrogens is 544 g/mol. The summed E-state index contributed by atoms with van der Waals surface area (Å²) in [6, 6.07) is 20.0. The molecule has 0 aromatic heterocycles. The Morgan fingerprint density at radius 1 is 0.927 bits per heavy atom. The van der Waals surface area contributed by atoms with Gasteiger partial charge in [-0.15, -0.1) is 0 Å². The quantitative estimate of drug-likeness (QED) is 0.439. The number of amides is 2. The Balaban J connectivity index is 1.31. The van der Waals surface area contributed by atoms with Crippen LogP contribution in [0.25, 0.3) is 10.8 Å². The lowest BCUT2D eigenvalue weighted by Gasteiger charge is -2.46. The SMILES string of the molecule is COC(=O)C(C)NC(=O)N1CC[C@@H](N2CCN(c3cccc(Cl)c3)CC2)[C@H](OC(=O)c2ccc3ccccc3c2)C1. The lowest BCUT2D eigenvalue weighted by atomic mass is 9.98. The molecule has 2 fully saturated rings. The van der Waals surface area contributed by atoms with Gasteiger partial charge < -0.3 is 24.6 Å². The summed E-state index contributed by atoms with van der Waals surface area (Å²) < 4.78 is 10.9. The average molecular weight is 579 g/mol. The summed E-state index contributed by atoms with van der Waals surface area (Å²) in [4.78, 5) is 44.5. The van der Waals surface area contributed by atoms with Crippen LogP contribution in [0.3, 0.4) is 0 Å². The number of piperidine rings is 1. The van der Waals surface area contributed by atoms with E-state index in [0.717, 1.165) is 42.6 Å². The molecule has 1 unspecified atom stereocenters. The van der Waals surface area contributed by atoms with Gasteiger partial charge in [-0.2, -0.15) is 0 Å². The maximum absolute atomic E-state index is 13.4. The van der Waals surface area contributed by atoms with Gasteiger partial charge in [0, 0.05) is 43.4 Å². The van der Waals surface area contributed by atoms with Gasteiger partial charge in [0.25, 0.3) is 0 Å². The number of halogens is 1. The molecule has 0 saturated carbocycles. The molecule has 0 aliphatic carbocycles. The molecule has 2 saturated heterocycles. The van der Waals surface area contributed by atoms with Crippen LogP contribution in [-0.4, -0.2) is 92.3 Å². The molecule has 2 aliphatic heterocycles. The number of hydrogen-bond donors (Lipinski definition) is 1. The highest BCUT2D eigenvalue weighted by molar-refractivity contribution is 6.30. The Kier molecular flexibility index (Phi) is 8.95. The lowest BCUT2D eigenvalue weighted by molar-refractivity contribution is -0.142. The summed E-state index contributed by atoms with van der Waals surface area (Å²) in [5.41, 5.74) is 1.55. The van der Waals surface area contributed by atoms with Gasteiger partial charge in [-0.1, -0.05) is 48.0 Å². The van der Waals surface area contributed by atoms with Crippen LogP contribution in [0.5, 0.6) is 0 Å². The molecular formula is C31H35ClN4O5. The van der Waals surface area contributed by atoms with Crippen molar-refractivity contribution in [3.8, 4) is 0 Å². The summed E-state index contributed by atoms with van der Waals surface area (Å²) in [6.45, 7) is 5.46. The van der Waals surface area contributed by atoms with E-state index in [-0.39, 0.29) is 18.6 Å². The number of carbonyl (C=O) groups is 3. The minimum absolute atomic E-state index is 0.0528. The van der Waals surface area contributed by atoms with Crippen molar-refractivity contribution in [1.82, 2.24) is 15.1 Å². The minimum Gasteiger partial charge on any atom is -0.467 e. The number of esters is 2. The fourth-order valence-corrected chi connectivity index (χ4v) is 5.83. The molecule has 216 valence electrons. The fraction of sp³-hybridized carbons (Fsp3) is 0.387. The van der Waals surface area contributed by atoms with Crippen LogP contribution in [0.4, 0.5) is 10.5 Å². The number of fused-ring (bicyclic) bond motifs is 1. The van der Waals surface area contributed by atoms with Gasteiger partial charge in [0.15, 0.2) is 0 Å². The lowest BCUT2D eigenvalue weighted by Crippen LogP contribution is -2.62. The molecule has 3 aromatic rings.